The second-order valence-corrected chi connectivity index (χ2v) is 7.25. The van der Waals surface area contributed by atoms with Gasteiger partial charge in [-0.3, -0.25) is 25.1 Å². The van der Waals surface area contributed by atoms with Crippen molar-refractivity contribution < 1.29 is 19.5 Å². The molecule has 1 saturated heterocycles. The molecule has 0 unspecified atom stereocenters. The van der Waals surface area contributed by atoms with Gasteiger partial charge in [-0.15, -0.1) is 0 Å². The number of carboxylic acids is 1. The van der Waals surface area contributed by atoms with Crippen LogP contribution in [0.3, 0.4) is 0 Å². The molecule has 1 aromatic carbocycles. The highest BCUT2D eigenvalue weighted by Crippen LogP contribution is 2.34. The molecular formula is C19H25N5O4. The quantitative estimate of drug-likeness (QED) is 0.289. The first-order chi connectivity index (χ1) is 13.4. The van der Waals surface area contributed by atoms with Crippen LogP contribution < -0.4 is 16.4 Å². The average Bonchev–Trinajstić information content (AvgIpc) is 3.44. The van der Waals surface area contributed by atoms with E-state index in [0.29, 0.717) is 25.1 Å². The van der Waals surface area contributed by atoms with E-state index in [1.54, 1.807) is 24.3 Å². The Hall–Kier alpha value is -2.94. The number of nitrogen functional groups attached to an aromatic ring is 1. The highest BCUT2D eigenvalue weighted by molar-refractivity contribution is 5.95. The smallest absolute Gasteiger partial charge is 0.317 e. The fourth-order valence-electron chi connectivity index (χ4n) is 3.29. The monoisotopic (exact) mass is 387 g/mol. The molecule has 1 aliphatic carbocycles. The van der Waals surface area contributed by atoms with Crippen LogP contribution >= 0.6 is 0 Å². The zero-order chi connectivity index (χ0) is 20.3. The van der Waals surface area contributed by atoms with E-state index >= 15 is 0 Å². The highest BCUT2D eigenvalue weighted by atomic mass is 16.4. The minimum Gasteiger partial charge on any atom is -0.480 e. The highest BCUT2D eigenvalue weighted by Gasteiger charge is 2.44. The van der Waals surface area contributed by atoms with Crippen LogP contribution in [-0.2, 0) is 20.9 Å². The van der Waals surface area contributed by atoms with Gasteiger partial charge in [-0.05, 0) is 30.7 Å². The van der Waals surface area contributed by atoms with E-state index in [4.69, 9.17) is 16.2 Å². The van der Waals surface area contributed by atoms with Crippen LogP contribution in [0.1, 0.15) is 30.4 Å². The summed E-state index contributed by atoms with van der Waals surface area (Å²) in [4.78, 5) is 37.6. The molecule has 150 valence electrons. The van der Waals surface area contributed by atoms with Gasteiger partial charge in [0.15, 0.2) is 0 Å². The average molecular weight is 387 g/mol. The van der Waals surface area contributed by atoms with Crippen LogP contribution in [-0.4, -0.2) is 58.8 Å². The van der Waals surface area contributed by atoms with Crippen LogP contribution in [0.5, 0.6) is 0 Å². The number of nitrogens with one attached hydrogen (secondary N) is 3. The van der Waals surface area contributed by atoms with Gasteiger partial charge < -0.3 is 21.1 Å². The van der Waals surface area contributed by atoms with Crippen LogP contribution in [0, 0.1) is 11.3 Å². The van der Waals surface area contributed by atoms with Gasteiger partial charge in [-0.25, -0.2) is 0 Å². The summed E-state index contributed by atoms with van der Waals surface area (Å²) in [5.41, 5.74) is 6.91. The Morgan fingerprint density at radius 2 is 1.89 bits per heavy atom. The fraction of sp³-hybridized carbons (Fsp3) is 0.474. The third kappa shape index (κ3) is 4.66. The molecule has 2 amide bonds. The van der Waals surface area contributed by atoms with Crippen molar-refractivity contribution in [2.24, 2.45) is 11.7 Å². The van der Waals surface area contributed by atoms with E-state index in [9.17, 15) is 14.4 Å². The Bertz CT molecular complexity index is 775. The number of carbonyl (C=O) groups is 3. The predicted molar refractivity (Wildman–Crippen MR) is 102 cm³/mol. The normalized spacial score (nSPS) is 19.4. The predicted octanol–water partition coefficient (Wildman–Crippen LogP) is -0.359. The van der Waals surface area contributed by atoms with E-state index in [1.165, 1.54) is 4.90 Å². The van der Waals surface area contributed by atoms with Gasteiger partial charge >= 0.3 is 5.97 Å². The van der Waals surface area contributed by atoms with Crippen molar-refractivity contribution in [1.29, 1.82) is 5.41 Å². The number of amidine groups is 1. The maximum absolute atomic E-state index is 12.8. The summed E-state index contributed by atoms with van der Waals surface area (Å²) in [6, 6.07) is 5.97. The molecule has 2 fully saturated rings. The third-order valence-corrected chi connectivity index (χ3v) is 5.17. The third-order valence-electron chi connectivity index (χ3n) is 5.17. The Morgan fingerprint density at radius 3 is 2.39 bits per heavy atom. The van der Waals surface area contributed by atoms with Gasteiger partial charge in [0.05, 0.1) is 12.6 Å². The van der Waals surface area contributed by atoms with Crippen molar-refractivity contribution >= 4 is 23.6 Å². The molecule has 1 saturated carbocycles. The first-order valence-electron chi connectivity index (χ1n) is 9.33. The molecule has 0 spiro atoms. The number of benzene rings is 1. The molecule has 9 heteroatoms. The van der Waals surface area contributed by atoms with Gasteiger partial charge in [0.2, 0.25) is 11.8 Å². The Balaban J connectivity index is 1.53. The molecule has 0 aromatic heterocycles. The summed E-state index contributed by atoms with van der Waals surface area (Å²) < 4.78 is 0. The first kappa shape index (κ1) is 19.8. The van der Waals surface area contributed by atoms with E-state index in [-0.39, 0.29) is 30.1 Å². The molecular weight excluding hydrogens is 362 g/mol. The maximum Gasteiger partial charge on any atom is 0.317 e. The molecule has 2 atom stereocenters. The van der Waals surface area contributed by atoms with Crippen LogP contribution in [0.25, 0.3) is 0 Å². The summed E-state index contributed by atoms with van der Waals surface area (Å²) in [5.74, 6) is -1.28. The molecule has 9 nitrogen and oxygen atoms in total. The summed E-state index contributed by atoms with van der Waals surface area (Å²) in [7, 11) is 0. The van der Waals surface area contributed by atoms with Crippen molar-refractivity contribution in [2.45, 2.75) is 37.9 Å². The minimum absolute atomic E-state index is 0.0130. The lowest BCUT2D eigenvalue weighted by Gasteiger charge is -2.41. The molecule has 6 N–H and O–H groups in total. The number of hydrogen-bond acceptors (Lipinski definition) is 5. The zero-order valence-electron chi connectivity index (χ0n) is 15.5. The van der Waals surface area contributed by atoms with Crippen LogP contribution in [0.15, 0.2) is 24.3 Å². The Kier molecular flexibility index (Phi) is 5.93. The van der Waals surface area contributed by atoms with Crippen molar-refractivity contribution in [1.82, 2.24) is 15.5 Å². The minimum atomic E-state index is -1.01. The molecule has 2 aliphatic rings. The van der Waals surface area contributed by atoms with Gasteiger partial charge in [0.1, 0.15) is 11.9 Å². The standard InChI is InChI=1S/C19H25N5O4/c20-17(21)13-3-1-11(2-4-13)9-23-18(27)14-7-8-24(14)19(28)16(12-5-6-12)22-10-15(25)26/h1-4,12,14,16,22H,5-10H2,(H3,20,21)(H,23,27)(H,25,26)/t14-,16+/m0/s1. The topological polar surface area (TPSA) is 149 Å². The fourth-order valence-corrected chi connectivity index (χ4v) is 3.29. The molecule has 1 heterocycles. The number of aliphatic carboxylic acids is 1. The van der Waals surface area contributed by atoms with Gasteiger partial charge in [0, 0.05) is 18.7 Å². The first-order valence-corrected chi connectivity index (χ1v) is 9.33. The largest absolute Gasteiger partial charge is 0.480 e. The van der Waals surface area contributed by atoms with Crippen molar-refractivity contribution in [3.05, 3.63) is 35.4 Å². The van der Waals surface area contributed by atoms with Crippen LogP contribution in [0.2, 0.25) is 0 Å². The molecule has 3 rings (SSSR count). The van der Waals surface area contributed by atoms with E-state index in [2.05, 4.69) is 10.6 Å². The molecule has 0 radical (unpaired) electrons. The number of likely N-dealkylation sites (tertiary alicyclic amines) is 1. The van der Waals surface area contributed by atoms with Crippen LogP contribution in [0.4, 0.5) is 0 Å². The second kappa shape index (κ2) is 8.39. The number of rotatable bonds is 9. The van der Waals surface area contributed by atoms with E-state index in [0.717, 1.165) is 18.4 Å². The number of nitrogens with two attached hydrogens (primary N) is 1. The molecule has 28 heavy (non-hydrogen) atoms. The van der Waals surface area contributed by atoms with E-state index < -0.39 is 18.1 Å². The van der Waals surface area contributed by atoms with Crippen molar-refractivity contribution in [3.8, 4) is 0 Å². The summed E-state index contributed by atoms with van der Waals surface area (Å²) in [6.45, 7) is 0.551. The summed E-state index contributed by atoms with van der Waals surface area (Å²) in [6.07, 6.45) is 2.38. The number of nitrogens with zero attached hydrogens (tertiary/aromatic N) is 1. The molecule has 1 aromatic rings. The number of carbonyl (C=O) groups excluding carboxylic acids is 2. The Morgan fingerprint density at radius 1 is 1.21 bits per heavy atom. The van der Waals surface area contributed by atoms with Crippen molar-refractivity contribution in [2.75, 3.05) is 13.1 Å². The maximum atomic E-state index is 12.8. The lowest BCUT2D eigenvalue weighted by Crippen LogP contribution is -2.62. The molecule has 0 bridgehead atoms. The van der Waals surface area contributed by atoms with Crippen molar-refractivity contribution in [3.63, 3.8) is 0 Å². The SMILES string of the molecule is N=C(N)c1ccc(CNC(=O)[C@@H]2CCN2C(=O)[C@H](NCC(=O)O)C2CC2)cc1. The Labute approximate surface area is 162 Å². The van der Waals surface area contributed by atoms with Gasteiger partial charge in [-0.1, -0.05) is 24.3 Å². The number of carboxylic acid groups (broad SMARTS) is 1. The van der Waals surface area contributed by atoms with Gasteiger partial charge in [-0.2, -0.15) is 0 Å². The lowest BCUT2D eigenvalue weighted by atomic mass is 9.99. The van der Waals surface area contributed by atoms with E-state index in [1.807, 2.05) is 0 Å². The second-order valence-electron chi connectivity index (χ2n) is 7.25. The summed E-state index contributed by atoms with van der Waals surface area (Å²) in [5, 5.41) is 21.9. The van der Waals surface area contributed by atoms with Gasteiger partial charge in [0.25, 0.3) is 0 Å². The zero-order valence-corrected chi connectivity index (χ0v) is 15.5. The molecule has 1 aliphatic heterocycles. The summed E-state index contributed by atoms with van der Waals surface area (Å²) >= 11 is 0. The number of amides is 2. The number of hydrogen-bond donors (Lipinski definition) is 5. The lowest BCUT2D eigenvalue weighted by molar-refractivity contribution is -0.149.